The first-order valence-corrected chi connectivity index (χ1v) is 13.8. The zero-order valence-electron chi connectivity index (χ0n) is 24.5. The van der Waals surface area contributed by atoms with Crippen molar-refractivity contribution >= 4 is 39.9 Å². The normalized spacial score (nSPS) is 15.5. The van der Waals surface area contributed by atoms with Crippen molar-refractivity contribution in [2.24, 2.45) is 7.05 Å². The summed E-state index contributed by atoms with van der Waals surface area (Å²) in [5.41, 5.74) is 5.57. The van der Waals surface area contributed by atoms with Crippen molar-refractivity contribution < 1.29 is 9.53 Å². The summed E-state index contributed by atoms with van der Waals surface area (Å²) in [6.07, 6.45) is 1.07. The Balaban J connectivity index is 1.55. The van der Waals surface area contributed by atoms with Crippen molar-refractivity contribution in [3.8, 4) is 11.8 Å². The summed E-state index contributed by atoms with van der Waals surface area (Å²) in [7, 11) is 1.58. The number of nitrogens with two attached hydrogens (primary N) is 1. The highest BCUT2D eigenvalue weighted by Crippen LogP contribution is 2.24. The van der Waals surface area contributed by atoms with Crippen LogP contribution in [0.2, 0.25) is 0 Å². The highest BCUT2D eigenvalue weighted by atomic mass is 16.6. The van der Waals surface area contributed by atoms with Gasteiger partial charge in [0.1, 0.15) is 11.4 Å². The average molecular weight is 574 g/mol. The molecule has 0 radical (unpaired) electrons. The number of para-hydroxylation sites is 1. The number of carbonyl (C=O) groups excluding carboxylic acids is 1. The van der Waals surface area contributed by atoms with E-state index in [9.17, 15) is 14.4 Å². The first kappa shape index (κ1) is 28.7. The second kappa shape index (κ2) is 11.2. The number of ether oxygens (including phenoxy) is 1. The number of benzene rings is 1. The molecule has 4 heterocycles. The maximum Gasteiger partial charge on any atom is 0.407 e. The van der Waals surface area contributed by atoms with Gasteiger partial charge in [0.25, 0.3) is 5.56 Å². The van der Waals surface area contributed by atoms with Gasteiger partial charge < -0.3 is 20.7 Å². The Hall–Kier alpha value is -4.86. The molecule has 13 heteroatoms. The summed E-state index contributed by atoms with van der Waals surface area (Å²) in [6, 6.07) is 7.10. The molecule has 0 aliphatic carbocycles. The van der Waals surface area contributed by atoms with E-state index in [1.165, 1.54) is 4.57 Å². The molecule has 5 rings (SSSR count). The molecule has 3 aromatic heterocycles. The molecule has 13 nitrogen and oxygen atoms in total. The van der Waals surface area contributed by atoms with Crippen molar-refractivity contribution in [1.82, 2.24) is 34.0 Å². The minimum absolute atomic E-state index is 0.165. The van der Waals surface area contributed by atoms with E-state index in [1.54, 1.807) is 24.6 Å². The zero-order chi connectivity index (χ0) is 30.2. The SMILES string of the molecule is CC#CCn1c(N2CCCC(NC(=O)OC(C)(C)C)C2)nc2c1c(=O)n(Cc1nc(N)c3ccccc3n1)c(=O)n2C. The molecule has 1 unspecified atom stereocenters. The number of carbonyl (C=O) groups is 1. The molecule has 1 atom stereocenters. The third-order valence-electron chi connectivity index (χ3n) is 7.03. The minimum Gasteiger partial charge on any atom is -0.444 e. The van der Waals surface area contributed by atoms with Crippen LogP contribution in [0.4, 0.5) is 16.6 Å². The Morgan fingerprint density at radius 2 is 1.93 bits per heavy atom. The van der Waals surface area contributed by atoms with Crippen LogP contribution in [0.25, 0.3) is 22.1 Å². The number of piperidine rings is 1. The highest BCUT2D eigenvalue weighted by molar-refractivity contribution is 5.87. The lowest BCUT2D eigenvalue weighted by atomic mass is 10.1. The van der Waals surface area contributed by atoms with Gasteiger partial charge in [-0.05, 0) is 52.7 Å². The number of aromatic nitrogens is 6. The molecule has 0 saturated carbocycles. The average Bonchev–Trinajstić information content (AvgIpc) is 3.32. The zero-order valence-corrected chi connectivity index (χ0v) is 24.5. The van der Waals surface area contributed by atoms with Crippen molar-refractivity contribution in [3.63, 3.8) is 0 Å². The van der Waals surface area contributed by atoms with E-state index in [4.69, 9.17) is 15.5 Å². The number of nitrogens with one attached hydrogen (secondary N) is 1. The molecule has 220 valence electrons. The van der Waals surface area contributed by atoms with Gasteiger partial charge in [0.2, 0.25) is 5.95 Å². The van der Waals surface area contributed by atoms with Gasteiger partial charge in [-0.15, -0.1) is 5.92 Å². The minimum atomic E-state index is -0.612. The van der Waals surface area contributed by atoms with Crippen LogP contribution >= 0.6 is 0 Å². The number of fused-ring (bicyclic) bond motifs is 2. The van der Waals surface area contributed by atoms with Gasteiger partial charge >= 0.3 is 11.8 Å². The first-order chi connectivity index (χ1) is 20.0. The summed E-state index contributed by atoms with van der Waals surface area (Å²) >= 11 is 0. The first-order valence-electron chi connectivity index (χ1n) is 13.8. The molecule has 1 aromatic carbocycles. The van der Waals surface area contributed by atoms with Gasteiger partial charge in [-0.3, -0.25) is 18.5 Å². The maximum absolute atomic E-state index is 13.9. The predicted octanol–water partition coefficient (Wildman–Crippen LogP) is 1.99. The summed E-state index contributed by atoms with van der Waals surface area (Å²) in [5, 5.41) is 3.64. The van der Waals surface area contributed by atoms with E-state index >= 15 is 0 Å². The topological polar surface area (TPSA) is 155 Å². The quantitative estimate of drug-likeness (QED) is 0.341. The summed E-state index contributed by atoms with van der Waals surface area (Å²) in [5.74, 6) is 6.92. The molecule has 4 aromatic rings. The predicted molar refractivity (Wildman–Crippen MR) is 160 cm³/mol. The molecule has 3 N–H and O–H groups in total. The second-order valence-electron chi connectivity index (χ2n) is 11.3. The standard InChI is InChI=1S/C29H35N9O4/c1-6-7-15-37-22-24(34-26(37)36-14-10-11-18(16-36)31-27(40)42-29(2,3)4)35(5)28(41)38(25(22)39)17-21-32-20-13-9-8-12-19(20)23(30)33-21/h8-9,12-13,18H,10-11,14-17H2,1-5H3,(H,31,40)(H2,30,32,33). The van der Waals surface area contributed by atoms with Gasteiger partial charge in [0.05, 0.1) is 18.6 Å². The highest BCUT2D eigenvalue weighted by Gasteiger charge is 2.29. The number of rotatable bonds is 5. The van der Waals surface area contributed by atoms with Crippen LogP contribution in [0.1, 0.15) is 46.4 Å². The summed E-state index contributed by atoms with van der Waals surface area (Å²) in [6.45, 7) is 8.29. The van der Waals surface area contributed by atoms with Crippen molar-refractivity contribution in [3.05, 3.63) is 50.9 Å². The third kappa shape index (κ3) is 5.65. The molecule has 0 bridgehead atoms. The number of nitrogen functional groups attached to an aromatic ring is 1. The van der Waals surface area contributed by atoms with Gasteiger partial charge in [0.15, 0.2) is 17.0 Å². The third-order valence-corrected chi connectivity index (χ3v) is 7.03. The molecule has 42 heavy (non-hydrogen) atoms. The van der Waals surface area contributed by atoms with Crippen LogP contribution in [0.5, 0.6) is 0 Å². The van der Waals surface area contributed by atoms with E-state index in [1.807, 2.05) is 43.9 Å². The monoisotopic (exact) mass is 573 g/mol. The maximum atomic E-state index is 13.9. The lowest BCUT2D eigenvalue weighted by Gasteiger charge is -2.34. The fourth-order valence-corrected chi connectivity index (χ4v) is 5.16. The van der Waals surface area contributed by atoms with E-state index < -0.39 is 22.9 Å². The lowest BCUT2D eigenvalue weighted by Crippen LogP contribution is -2.49. The van der Waals surface area contributed by atoms with Crippen LogP contribution in [0.3, 0.4) is 0 Å². The Morgan fingerprint density at radius 3 is 2.67 bits per heavy atom. The van der Waals surface area contributed by atoms with Crippen LogP contribution in [-0.2, 0) is 24.9 Å². The number of nitrogens with zero attached hydrogens (tertiary/aromatic N) is 7. The fourth-order valence-electron chi connectivity index (χ4n) is 5.16. The fraction of sp³-hybridized carbons (Fsp3) is 0.448. The van der Waals surface area contributed by atoms with Gasteiger partial charge in [-0.2, -0.15) is 4.98 Å². The summed E-state index contributed by atoms with van der Waals surface area (Å²) < 4.78 is 9.61. The number of aryl methyl sites for hydroxylation is 1. The number of imidazole rings is 1. The van der Waals surface area contributed by atoms with E-state index in [2.05, 4.69) is 27.1 Å². The van der Waals surface area contributed by atoms with E-state index in [-0.39, 0.29) is 41.9 Å². The van der Waals surface area contributed by atoms with Gasteiger partial charge in [-0.25, -0.2) is 19.6 Å². The summed E-state index contributed by atoms with van der Waals surface area (Å²) in [4.78, 5) is 55.5. The van der Waals surface area contributed by atoms with Crippen molar-refractivity contribution in [2.75, 3.05) is 23.7 Å². The number of anilines is 2. The van der Waals surface area contributed by atoms with Crippen LogP contribution in [0, 0.1) is 11.8 Å². The Labute approximate surface area is 242 Å². The van der Waals surface area contributed by atoms with Crippen molar-refractivity contribution in [1.29, 1.82) is 0 Å². The largest absolute Gasteiger partial charge is 0.444 e. The molecule has 1 amide bonds. The molecular weight excluding hydrogens is 538 g/mol. The van der Waals surface area contributed by atoms with Gasteiger partial charge in [-0.1, -0.05) is 18.1 Å². The number of alkyl carbamates (subject to hydrolysis) is 1. The van der Waals surface area contributed by atoms with Gasteiger partial charge in [0, 0.05) is 31.6 Å². The number of hydrogen-bond donors (Lipinski definition) is 2. The molecule has 1 aliphatic rings. The Kier molecular flexibility index (Phi) is 7.64. The second-order valence-corrected chi connectivity index (χ2v) is 11.3. The van der Waals surface area contributed by atoms with Crippen molar-refractivity contribution in [2.45, 2.75) is 65.3 Å². The number of hydrogen-bond acceptors (Lipinski definition) is 9. The molecule has 1 saturated heterocycles. The lowest BCUT2D eigenvalue weighted by molar-refractivity contribution is 0.0499. The van der Waals surface area contributed by atoms with E-state index in [0.717, 1.165) is 17.4 Å². The van der Waals surface area contributed by atoms with Crippen LogP contribution < -0.4 is 27.2 Å². The smallest absolute Gasteiger partial charge is 0.407 e. The molecule has 1 aliphatic heterocycles. The van der Waals surface area contributed by atoms with E-state index in [0.29, 0.717) is 29.9 Å². The Morgan fingerprint density at radius 1 is 1.17 bits per heavy atom. The number of amides is 1. The Bertz CT molecular complexity index is 1850. The van der Waals surface area contributed by atoms with Crippen LogP contribution in [-0.4, -0.2) is 59.5 Å². The van der Waals surface area contributed by atoms with Crippen LogP contribution in [0.15, 0.2) is 33.9 Å². The molecule has 1 fully saturated rings. The molecular formula is C29H35N9O4. The molecule has 0 spiro atoms.